The van der Waals surface area contributed by atoms with Crippen molar-refractivity contribution in [1.29, 1.82) is 0 Å². The molecule has 3 aromatic carbocycles. The van der Waals surface area contributed by atoms with Gasteiger partial charge in [-0.2, -0.15) is 0 Å². The summed E-state index contributed by atoms with van der Waals surface area (Å²) in [6.07, 6.45) is -0.352. The minimum Gasteiger partial charge on any atom is -0.457 e. The first-order chi connectivity index (χ1) is 15.9. The van der Waals surface area contributed by atoms with Crippen molar-refractivity contribution in [3.8, 4) is 11.5 Å². The molecule has 168 valence electrons. The number of Topliss-reactive ketones (excluding diaryl/α,β-unsaturated/α-hetero) is 1. The second-order valence-corrected chi connectivity index (χ2v) is 6.88. The molecule has 33 heavy (non-hydrogen) atoms. The minimum atomic E-state index is -0.726. The number of rotatable bonds is 10. The number of esters is 1. The zero-order valence-corrected chi connectivity index (χ0v) is 17.4. The summed E-state index contributed by atoms with van der Waals surface area (Å²) in [7, 11) is 0. The SMILES string of the molecule is O=C(CCC(=O)OCC(=O)c1cccc([N+](=O)[O-])c1)Nc1ccc(Oc2ccccc2)cc1. The number of nitrogens with zero attached hydrogens (tertiary/aromatic N) is 1. The Labute approximate surface area is 189 Å². The van der Waals surface area contributed by atoms with E-state index in [9.17, 15) is 24.5 Å². The molecule has 3 rings (SSSR count). The number of non-ortho nitro benzene ring substituents is 1. The van der Waals surface area contributed by atoms with Gasteiger partial charge in [0.05, 0.1) is 11.3 Å². The third kappa shape index (κ3) is 7.28. The fraction of sp³-hybridized carbons (Fsp3) is 0.125. The van der Waals surface area contributed by atoms with Gasteiger partial charge >= 0.3 is 5.97 Å². The minimum absolute atomic E-state index is 0.0643. The largest absolute Gasteiger partial charge is 0.457 e. The van der Waals surface area contributed by atoms with Gasteiger partial charge in [0.1, 0.15) is 11.5 Å². The van der Waals surface area contributed by atoms with E-state index >= 15 is 0 Å². The van der Waals surface area contributed by atoms with Crippen molar-refractivity contribution in [2.24, 2.45) is 0 Å². The Bertz CT molecular complexity index is 1140. The molecule has 9 heteroatoms. The number of amides is 1. The molecule has 3 aromatic rings. The molecule has 1 amide bonds. The zero-order valence-electron chi connectivity index (χ0n) is 17.4. The van der Waals surface area contributed by atoms with E-state index in [-0.39, 0.29) is 24.1 Å². The molecule has 0 aliphatic rings. The molecule has 0 radical (unpaired) electrons. The van der Waals surface area contributed by atoms with Gasteiger partial charge in [-0.05, 0) is 36.4 Å². The molecule has 0 saturated heterocycles. The van der Waals surface area contributed by atoms with E-state index in [0.29, 0.717) is 17.2 Å². The van der Waals surface area contributed by atoms with Gasteiger partial charge in [-0.15, -0.1) is 0 Å². The molecule has 0 atom stereocenters. The lowest BCUT2D eigenvalue weighted by Gasteiger charge is -2.08. The number of anilines is 1. The van der Waals surface area contributed by atoms with Crippen LogP contribution in [0, 0.1) is 10.1 Å². The average Bonchev–Trinajstić information content (AvgIpc) is 2.83. The first-order valence-electron chi connectivity index (χ1n) is 9.97. The van der Waals surface area contributed by atoms with Crippen LogP contribution in [0.15, 0.2) is 78.9 Å². The topological polar surface area (TPSA) is 125 Å². The molecule has 0 spiro atoms. The van der Waals surface area contributed by atoms with Crippen molar-refractivity contribution in [2.45, 2.75) is 12.8 Å². The second-order valence-electron chi connectivity index (χ2n) is 6.88. The predicted octanol–water partition coefficient (Wildman–Crippen LogP) is 4.53. The number of nitrogens with one attached hydrogen (secondary N) is 1. The van der Waals surface area contributed by atoms with Crippen LogP contribution in [-0.4, -0.2) is 29.2 Å². The Morgan fingerprint density at radius 1 is 0.848 bits per heavy atom. The maximum atomic E-state index is 12.1. The van der Waals surface area contributed by atoms with Crippen LogP contribution in [0.5, 0.6) is 11.5 Å². The number of hydrogen-bond donors (Lipinski definition) is 1. The molecule has 0 bridgehead atoms. The number of ether oxygens (including phenoxy) is 2. The molecular weight excluding hydrogens is 428 g/mol. The third-order valence-corrected chi connectivity index (χ3v) is 4.42. The van der Waals surface area contributed by atoms with E-state index in [4.69, 9.17) is 9.47 Å². The molecule has 0 aliphatic carbocycles. The van der Waals surface area contributed by atoms with Crippen LogP contribution in [0.4, 0.5) is 11.4 Å². The van der Waals surface area contributed by atoms with Crippen LogP contribution in [0.3, 0.4) is 0 Å². The summed E-state index contributed by atoms with van der Waals surface area (Å²) < 4.78 is 10.6. The number of carbonyl (C=O) groups excluding carboxylic acids is 3. The highest BCUT2D eigenvalue weighted by Gasteiger charge is 2.14. The monoisotopic (exact) mass is 448 g/mol. The van der Waals surface area contributed by atoms with Gasteiger partial charge in [-0.25, -0.2) is 0 Å². The highest BCUT2D eigenvalue weighted by Crippen LogP contribution is 2.22. The van der Waals surface area contributed by atoms with Crippen LogP contribution in [0.25, 0.3) is 0 Å². The highest BCUT2D eigenvalue weighted by atomic mass is 16.6. The Morgan fingerprint density at radius 3 is 2.24 bits per heavy atom. The van der Waals surface area contributed by atoms with E-state index in [1.807, 2.05) is 30.3 Å². The third-order valence-electron chi connectivity index (χ3n) is 4.42. The number of nitro benzene ring substituents is 1. The number of hydrogen-bond acceptors (Lipinski definition) is 7. The number of carbonyl (C=O) groups is 3. The molecular formula is C24H20N2O7. The van der Waals surface area contributed by atoms with E-state index < -0.39 is 29.2 Å². The summed E-state index contributed by atoms with van der Waals surface area (Å²) in [6, 6.07) is 21.1. The van der Waals surface area contributed by atoms with Gasteiger partial charge in [0.25, 0.3) is 5.69 Å². The number of ketones is 1. The highest BCUT2D eigenvalue weighted by molar-refractivity contribution is 5.98. The molecule has 0 aliphatic heterocycles. The zero-order chi connectivity index (χ0) is 23.6. The van der Waals surface area contributed by atoms with E-state index in [0.717, 1.165) is 6.07 Å². The van der Waals surface area contributed by atoms with Gasteiger partial charge in [0.15, 0.2) is 6.61 Å². The van der Waals surface area contributed by atoms with Crippen molar-refractivity contribution in [2.75, 3.05) is 11.9 Å². The van der Waals surface area contributed by atoms with E-state index in [1.165, 1.54) is 18.2 Å². The molecule has 1 N–H and O–H groups in total. The number of para-hydroxylation sites is 1. The number of benzene rings is 3. The van der Waals surface area contributed by atoms with Crippen molar-refractivity contribution in [3.05, 3.63) is 94.5 Å². The summed E-state index contributed by atoms with van der Waals surface area (Å²) in [5.41, 5.74) is 0.368. The molecule has 0 fully saturated rings. The van der Waals surface area contributed by atoms with Crippen molar-refractivity contribution < 1.29 is 28.8 Å². The van der Waals surface area contributed by atoms with Crippen LogP contribution in [0.2, 0.25) is 0 Å². The van der Waals surface area contributed by atoms with Gasteiger partial charge in [0.2, 0.25) is 11.7 Å². The fourth-order valence-electron chi connectivity index (χ4n) is 2.76. The van der Waals surface area contributed by atoms with Gasteiger partial charge < -0.3 is 14.8 Å². The van der Waals surface area contributed by atoms with Crippen molar-refractivity contribution in [1.82, 2.24) is 0 Å². The average molecular weight is 448 g/mol. The Kier molecular flexibility index (Phi) is 7.85. The summed E-state index contributed by atoms with van der Waals surface area (Å²) in [5, 5.41) is 13.4. The lowest BCUT2D eigenvalue weighted by Crippen LogP contribution is -2.17. The van der Waals surface area contributed by atoms with Crippen LogP contribution < -0.4 is 10.1 Å². The maximum Gasteiger partial charge on any atom is 0.306 e. The summed E-state index contributed by atoms with van der Waals surface area (Å²) in [6.45, 7) is -0.565. The first-order valence-corrected chi connectivity index (χ1v) is 9.97. The van der Waals surface area contributed by atoms with Gasteiger partial charge in [-0.3, -0.25) is 24.5 Å². The van der Waals surface area contributed by atoms with Gasteiger partial charge in [0, 0.05) is 29.8 Å². The summed E-state index contributed by atoms with van der Waals surface area (Å²) in [5.74, 6) is -0.397. The number of nitro groups is 1. The Balaban J connectivity index is 1.40. The first kappa shape index (κ1) is 23.1. The van der Waals surface area contributed by atoms with Crippen LogP contribution >= 0.6 is 0 Å². The molecule has 0 saturated carbocycles. The normalized spacial score (nSPS) is 10.2. The fourth-order valence-corrected chi connectivity index (χ4v) is 2.76. The molecule has 0 heterocycles. The molecule has 0 unspecified atom stereocenters. The van der Waals surface area contributed by atoms with Crippen molar-refractivity contribution >= 4 is 29.0 Å². The lowest BCUT2D eigenvalue weighted by atomic mass is 10.1. The predicted molar refractivity (Wildman–Crippen MR) is 119 cm³/mol. The molecule has 9 nitrogen and oxygen atoms in total. The van der Waals surface area contributed by atoms with E-state index in [2.05, 4.69) is 5.32 Å². The Hall–Kier alpha value is -4.53. The second kappa shape index (κ2) is 11.2. The maximum absolute atomic E-state index is 12.1. The molecule has 0 aromatic heterocycles. The smallest absolute Gasteiger partial charge is 0.306 e. The lowest BCUT2D eigenvalue weighted by molar-refractivity contribution is -0.384. The van der Waals surface area contributed by atoms with E-state index in [1.54, 1.807) is 24.3 Å². The van der Waals surface area contributed by atoms with Crippen molar-refractivity contribution in [3.63, 3.8) is 0 Å². The van der Waals surface area contributed by atoms with Gasteiger partial charge in [-0.1, -0.05) is 30.3 Å². The quantitative estimate of drug-likeness (QED) is 0.209. The van der Waals surface area contributed by atoms with Crippen LogP contribution in [-0.2, 0) is 14.3 Å². The standard InChI is InChI=1S/C24H20N2O7/c27-22(17-5-4-6-19(15-17)26(30)31)16-32-24(29)14-13-23(28)25-18-9-11-21(12-10-18)33-20-7-2-1-3-8-20/h1-12,15H,13-14,16H2,(H,25,28). The van der Waals surface area contributed by atoms with Crippen LogP contribution in [0.1, 0.15) is 23.2 Å². The summed E-state index contributed by atoms with van der Waals surface area (Å²) >= 11 is 0. The summed E-state index contributed by atoms with van der Waals surface area (Å²) in [4.78, 5) is 46.1. The Morgan fingerprint density at radius 2 is 1.55 bits per heavy atom.